The van der Waals surface area contributed by atoms with E-state index >= 15 is 0 Å². The molecule has 0 unspecified atom stereocenters. The molecule has 150 valence electrons. The Morgan fingerprint density at radius 3 is 2.64 bits per heavy atom. The van der Waals surface area contributed by atoms with Gasteiger partial charge in [-0.25, -0.2) is 0 Å². The smallest absolute Gasteiger partial charge is 0.277 e. The molecule has 2 aromatic rings. The summed E-state index contributed by atoms with van der Waals surface area (Å²) in [7, 11) is 1.86. The van der Waals surface area contributed by atoms with E-state index in [1.165, 1.54) is 16.0 Å². The summed E-state index contributed by atoms with van der Waals surface area (Å²) in [5.74, 6) is 2.97. The van der Waals surface area contributed by atoms with Crippen molar-refractivity contribution in [2.45, 2.75) is 26.4 Å². The lowest BCUT2D eigenvalue weighted by Gasteiger charge is -2.30. The quantitative estimate of drug-likeness (QED) is 0.703. The number of carbonyl (C=O) groups excluding carboxylic acids is 1. The molecule has 0 spiro atoms. The molecule has 28 heavy (non-hydrogen) atoms. The van der Waals surface area contributed by atoms with Crippen LogP contribution in [-0.4, -0.2) is 57.2 Å². The summed E-state index contributed by atoms with van der Waals surface area (Å²) in [5.41, 5.74) is 2.74. The highest BCUT2D eigenvalue weighted by atomic mass is 16.5. The number of piperazine rings is 1. The summed E-state index contributed by atoms with van der Waals surface area (Å²) in [5, 5.41) is 0. The van der Waals surface area contributed by atoms with Gasteiger partial charge in [-0.2, -0.15) is 0 Å². The van der Waals surface area contributed by atoms with Crippen LogP contribution in [-0.2, 0) is 24.3 Å². The molecule has 0 radical (unpaired) electrons. The summed E-state index contributed by atoms with van der Waals surface area (Å²) in [4.78, 5) is 17.3. The van der Waals surface area contributed by atoms with Gasteiger partial charge in [-0.15, -0.1) is 0 Å². The molecule has 1 aromatic carbocycles. The molecule has 1 amide bonds. The van der Waals surface area contributed by atoms with Crippen LogP contribution in [0.1, 0.15) is 22.6 Å². The number of nitrogens with one attached hydrogen (secondary N) is 2. The van der Waals surface area contributed by atoms with Gasteiger partial charge in [-0.3, -0.25) is 4.79 Å². The number of amides is 1. The van der Waals surface area contributed by atoms with Gasteiger partial charge in [-0.05, 0) is 42.8 Å². The molecule has 2 aliphatic rings. The summed E-state index contributed by atoms with van der Waals surface area (Å²) in [6.45, 7) is 9.22. The zero-order chi connectivity index (χ0) is 19.5. The summed E-state index contributed by atoms with van der Waals surface area (Å²) in [6.07, 6.45) is 1.03. The summed E-state index contributed by atoms with van der Waals surface area (Å²) in [6, 6.07) is 10.5. The van der Waals surface area contributed by atoms with Crippen LogP contribution in [0.2, 0.25) is 0 Å². The number of benzene rings is 1. The number of rotatable bonds is 6. The fourth-order valence-corrected chi connectivity index (χ4v) is 4.19. The third-order valence-electron chi connectivity index (χ3n) is 5.89. The highest BCUT2D eigenvalue weighted by Crippen LogP contribution is 2.25. The molecule has 2 aliphatic heterocycles. The monoisotopic (exact) mass is 385 g/mol. The van der Waals surface area contributed by atoms with Crippen molar-refractivity contribution in [3.05, 3.63) is 53.0 Å². The molecular weight excluding hydrogens is 354 g/mol. The minimum absolute atomic E-state index is 0.186. The van der Waals surface area contributed by atoms with E-state index in [-0.39, 0.29) is 5.91 Å². The second kappa shape index (κ2) is 8.37. The third-order valence-corrected chi connectivity index (χ3v) is 5.89. The van der Waals surface area contributed by atoms with E-state index in [9.17, 15) is 4.79 Å². The SMILES string of the molecule is Cc1ccc(CN(C)C(=O)C[NH+]2CC[NH+](Cc3ccc4c(c3)CCO4)CC2)o1. The van der Waals surface area contributed by atoms with E-state index in [0.29, 0.717) is 13.1 Å². The Balaban J connectivity index is 1.22. The molecule has 0 atom stereocenters. The van der Waals surface area contributed by atoms with Gasteiger partial charge in [0.2, 0.25) is 0 Å². The Kier molecular flexibility index (Phi) is 5.69. The second-order valence-corrected chi connectivity index (χ2v) is 8.16. The van der Waals surface area contributed by atoms with Crippen LogP contribution in [0.15, 0.2) is 34.7 Å². The Morgan fingerprint density at radius 1 is 1.11 bits per heavy atom. The van der Waals surface area contributed by atoms with Crippen LogP contribution >= 0.6 is 0 Å². The van der Waals surface area contributed by atoms with Gasteiger partial charge in [0.1, 0.15) is 50.0 Å². The van der Waals surface area contributed by atoms with Gasteiger partial charge in [0.25, 0.3) is 5.91 Å². The summed E-state index contributed by atoms with van der Waals surface area (Å²) >= 11 is 0. The number of fused-ring (bicyclic) bond motifs is 1. The van der Waals surface area contributed by atoms with E-state index in [1.807, 2.05) is 26.1 Å². The van der Waals surface area contributed by atoms with Gasteiger partial charge >= 0.3 is 0 Å². The van der Waals surface area contributed by atoms with Gasteiger partial charge < -0.3 is 23.9 Å². The molecule has 0 saturated carbocycles. The minimum atomic E-state index is 0.186. The fourth-order valence-electron chi connectivity index (χ4n) is 4.19. The first kappa shape index (κ1) is 19.0. The average Bonchev–Trinajstić information content (AvgIpc) is 3.31. The molecule has 0 bridgehead atoms. The average molecular weight is 386 g/mol. The number of furan rings is 1. The Morgan fingerprint density at radius 2 is 1.89 bits per heavy atom. The van der Waals surface area contributed by atoms with Gasteiger partial charge in [0, 0.05) is 19.0 Å². The van der Waals surface area contributed by atoms with Crippen molar-refractivity contribution in [1.29, 1.82) is 0 Å². The van der Waals surface area contributed by atoms with Crippen LogP contribution in [0.3, 0.4) is 0 Å². The van der Waals surface area contributed by atoms with Crippen molar-refractivity contribution in [2.75, 3.05) is 46.4 Å². The number of likely N-dealkylation sites (N-methyl/N-ethyl adjacent to an activating group) is 1. The Bertz CT molecular complexity index is 824. The summed E-state index contributed by atoms with van der Waals surface area (Å²) < 4.78 is 11.2. The first-order valence-electron chi connectivity index (χ1n) is 10.3. The molecule has 6 heteroatoms. The maximum atomic E-state index is 12.5. The molecule has 1 saturated heterocycles. The highest BCUT2D eigenvalue weighted by Gasteiger charge is 2.26. The topological polar surface area (TPSA) is 51.6 Å². The van der Waals surface area contributed by atoms with Gasteiger partial charge in [0.15, 0.2) is 6.54 Å². The largest absolute Gasteiger partial charge is 0.493 e. The second-order valence-electron chi connectivity index (χ2n) is 8.16. The first-order valence-corrected chi connectivity index (χ1v) is 10.3. The molecule has 1 fully saturated rings. The highest BCUT2D eigenvalue weighted by molar-refractivity contribution is 5.76. The molecule has 0 aliphatic carbocycles. The van der Waals surface area contributed by atoms with Crippen molar-refractivity contribution in [1.82, 2.24) is 4.90 Å². The lowest BCUT2D eigenvalue weighted by molar-refractivity contribution is -1.02. The van der Waals surface area contributed by atoms with Crippen LogP contribution in [0, 0.1) is 6.92 Å². The van der Waals surface area contributed by atoms with Gasteiger partial charge in [0.05, 0.1) is 13.2 Å². The third kappa shape index (κ3) is 4.56. The standard InChI is InChI=1S/C22H29N3O3/c1-17-3-5-20(28-17)15-23(2)22(26)16-25-10-8-24(9-11-25)14-18-4-6-21-19(13-18)7-12-27-21/h3-6,13H,7-12,14-16H2,1-2H3/p+2. The number of carbonyl (C=O) groups is 1. The minimum Gasteiger partial charge on any atom is -0.493 e. The van der Waals surface area contributed by atoms with Crippen LogP contribution in [0.5, 0.6) is 5.75 Å². The molecule has 6 nitrogen and oxygen atoms in total. The van der Waals surface area contributed by atoms with Crippen molar-refractivity contribution >= 4 is 5.91 Å². The van der Waals surface area contributed by atoms with Crippen molar-refractivity contribution < 1.29 is 23.7 Å². The van der Waals surface area contributed by atoms with Crippen molar-refractivity contribution in [3.8, 4) is 5.75 Å². The predicted molar refractivity (Wildman–Crippen MR) is 106 cm³/mol. The zero-order valence-corrected chi connectivity index (χ0v) is 16.9. The van der Waals surface area contributed by atoms with Crippen LogP contribution in [0.4, 0.5) is 0 Å². The number of hydrogen-bond acceptors (Lipinski definition) is 3. The number of aryl methyl sites for hydroxylation is 1. The van der Waals surface area contributed by atoms with Crippen molar-refractivity contribution in [3.63, 3.8) is 0 Å². The van der Waals surface area contributed by atoms with Crippen molar-refractivity contribution in [2.24, 2.45) is 0 Å². The predicted octanol–water partition coefficient (Wildman–Crippen LogP) is -0.535. The number of hydrogen-bond donors (Lipinski definition) is 2. The zero-order valence-electron chi connectivity index (χ0n) is 16.9. The number of ether oxygens (including phenoxy) is 1. The fraction of sp³-hybridized carbons (Fsp3) is 0.500. The normalized spacial score (nSPS) is 21.2. The molecule has 2 N–H and O–H groups in total. The molecular formula is C22H31N3O3+2. The molecule has 1 aromatic heterocycles. The van der Waals surface area contributed by atoms with Crippen LogP contribution < -0.4 is 14.5 Å². The molecule has 3 heterocycles. The van der Waals surface area contributed by atoms with Crippen LogP contribution in [0.25, 0.3) is 0 Å². The van der Waals surface area contributed by atoms with E-state index in [4.69, 9.17) is 9.15 Å². The Hall–Kier alpha value is -2.31. The Labute approximate surface area is 166 Å². The lowest BCUT2D eigenvalue weighted by atomic mass is 10.1. The molecule has 4 rings (SSSR count). The maximum Gasteiger partial charge on any atom is 0.277 e. The van der Waals surface area contributed by atoms with E-state index in [0.717, 1.165) is 63.0 Å². The van der Waals surface area contributed by atoms with E-state index < -0.39 is 0 Å². The first-order chi connectivity index (χ1) is 13.6. The van der Waals surface area contributed by atoms with E-state index in [1.54, 1.807) is 9.80 Å². The maximum absolute atomic E-state index is 12.5. The number of quaternary nitrogens is 2. The number of nitrogens with zero attached hydrogens (tertiary/aromatic N) is 1. The lowest BCUT2D eigenvalue weighted by Crippen LogP contribution is -3.28. The van der Waals surface area contributed by atoms with Gasteiger partial charge in [-0.1, -0.05) is 0 Å². The van der Waals surface area contributed by atoms with E-state index in [2.05, 4.69) is 18.2 Å².